The normalized spacial score (nSPS) is 21.5. The number of hydrogen-bond acceptors (Lipinski definition) is 4. The van der Waals surface area contributed by atoms with Crippen molar-refractivity contribution in [2.75, 3.05) is 30.9 Å². The molecule has 0 amide bonds. The van der Waals surface area contributed by atoms with Crippen LogP contribution in [0.25, 0.3) is 0 Å². The number of guanidine groups is 1. The standard InChI is InChI=1S/C16H24ClN3O2S2/c1-3-18-16(20-14-7-8-24(21,22)11-14)19-10-15(23-2)12-5-4-6-13(17)9-12/h4-6,9,14-15H,3,7-8,10-11H2,1-2H3,(H2,18,19,20). The van der Waals surface area contributed by atoms with E-state index in [2.05, 4.69) is 15.6 Å². The number of benzene rings is 1. The lowest BCUT2D eigenvalue weighted by Gasteiger charge is -2.18. The van der Waals surface area contributed by atoms with E-state index in [-0.39, 0.29) is 22.8 Å². The first-order chi connectivity index (χ1) is 11.4. The second kappa shape index (κ2) is 8.97. The van der Waals surface area contributed by atoms with Crippen LogP contribution in [0.5, 0.6) is 0 Å². The molecule has 0 spiro atoms. The molecule has 1 saturated heterocycles. The van der Waals surface area contributed by atoms with Crippen LogP contribution in [-0.4, -0.2) is 51.3 Å². The molecule has 2 unspecified atom stereocenters. The van der Waals surface area contributed by atoms with Crippen molar-refractivity contribution in [3.05, 3.63) is 34.9 Å². The van der Waals surface area contributed by atoms with Crippen LogP contribution in [0, 0.1) is 0 Å². The Morgan fingerprint density at radius 3 is 2.88 bits per heavy atom. The van der Waals surface area contributed by atoms with Crippen molar-refractivity contribution in [1.82, 2.24) is 10.6 Å². The molecule has 1 fully saturated rings. The average Bonchev–Trinajstić information content (AvgIpc) is 2.87. The molecule has 1 heterocycles. The first-order valence-electron chi connectivity index (χ1n) is 7.97. The highest BCUT2D eigenvalue weighted by molar-refractivity contribution is 7.98. The van der Waals surface area contributed by atoms with Crippen LogP contribution in [0.3, 0.4) is 0 Å². The molecule has 2 N–H and O–H groups in total. The molecule has 1 aromatic rings. The van der Waals surface area contributed by atoms with E-state index in [1.54, 1.807) is 11.8 Å². The molecule has 24 heavy (non-hydrogen) atoms. The minimum Gasteiger partial charge on any atom is -0.357 e. The largest absolute Gasteiger partial charge is 0.357 e. The Hall–Kier alpha value is -0.920. The predicted octanol–water partition coefficient (Wildman–Crippen LogP) is 2.49. The summed E-state index contributed by atoms with van der Waals surface area (Å²) >= 11 is 7.79. The Balaban J connectivity index is 2.03. The van der Waals surface area contributed by atoms with Crippen molar-refractivity contribution in [3.8, 4) is 0 Å². The first-order valence-corrected chi connectivity index (χ1v) is 11.5. The maximum Gasteiger partial charge on any atom is 0.191 e. The predicted molar refractivity (Wildman–Crippen MR) is 104 cm³/mol. The molecule has 5 nitrogen and oxygen atoms in total. The molecule has 0 saturated carbocycles. The van der Waals surface area contributed by atoms with Gasteiger partial charge in [-0.3, -0.25) is 4.99 Å². The molecule has 1 aliphatic rings. The lowest BCUT2D eigenvalue weighted by molar-refractivity contribution is 0.599. The van der Waals surface area contributed by atoms with E-state index in [0.29, 0.717) is 18.9 Å². The maximum absolute atomic E-state index is 11.6. The van der Waals surface area contributed by atoms with Gasteiger partial charge >= 0.3 is 0 Å². The summed E-state index contributed by atoms with van der Waals surface area (Å²) in [6, 6.07) is 7.75. The second-order valence-electron chi connectivity index (χ2n) is 5.74. The van der Waals surface area contributed by atoms with E-state index in [0.717, 1.165) is 17.1 Å². The molecule has 134 valence electrons. The van der Waals surface area contributed by atoms with Gasteiger partial charge in [0.1, 0.15) is 0 Å². The molecule has 1 aromatic carbocycles. The number of aliphatic imine (C=N–C) groups is 1. The Labute approximate surface area is 153 Å². The van der Waals surface area contributed by atoms with E-state index >= 15 is 0 Å². The van der Waals surface area contributed by atoms with Gasteiger partial charge in [0.25, 0.3) is 0 Å². The highest BCUT2D eigenvalue weighted by Crippen LogP contribution is 2.28. The summed E-state index contributed by atoms with van der Waals surface area (Å²) in [5, 5.41) is 7.35. The Bertz CT molecular complexity index is 680. The van der Waals surface area contributed by atoms with Crippen LogP contribution in [-0.2, 0) is 9.84 Å². The van der Waals surface area contributed by atoms with Crippen molar-refractivity contribution >= 4 is 39.2 Å². The minimum atomic E-state index is -2.90. The van der Waals surface area contributed by atoms with Crippen molar-refractivity contribution in [3.63, 3.8) is 0 Å². The zero-order chi connectivity index (χ0) is 17.6. The SMILES string of the molecule is CCNC(=NCC(SC)c1cccc(Cl)c1)NC1CCS(=O)(=O)C1. The van der Waals surface area contributed by atoms with Gasteiger partial charge in [0.2, 0.25) is 0 Å². The smallest absolute Gasteiger partial charge is 0.191 e. The van der Waals surface area contributed by atoms with Gasteiger partial charge in [0.05, 0.1) is 18.1 Å². The van der Waals surface area contributed by atoms with Crippen LogP contribution in [0.4, 0.5) is 0 Å². The topological polar surface area (TPSA) is 70.6 Å². The van der Waals surface area contributed by atoms with Gasteiger partial charge in [-0.2, -0.15) is 11.8 Å². The van der Waals surface area contributed by atoms with Crippen LogP contribution >= 0.6 is 23.4 Å². The number of hydrogen-bond donors (Lipinski definition) is 2. The average molecular weight is 390 g/mol. The summed E-state index contributed by atoms with van der Waals surface area (Å²) in [6.45, 7) is 3.31. The minimum absolute atomic E-state index is 0.0632. The highest BCUT2D eigenvalue weighted by Gasteiger charge is 2.28. The third-order valence-electron chi connectivity index (χ3n) is 3.84. The van der Waals surface area contributed by atoms with Gasteiger partial charge in [-0.25, -0.2) is 8.42 Å². The zero-order valence-electron chi connectivity index (χ0n) is 14.0. The molecular weight excluding hydrogens is 366 g/mol. The molecule has 1 aliphatic heterocycles. The number of rotatable bonds is 6. The van der Waals surface area contributed by atoms with Crippen molar-refractivity contribution in [2.24, 2.45) is 4.99 Å². The van der Waals surface area contributed by atoms with Crippen molar-refractivity contribution < 1.29 is 8.42 Å². The molecule has 0 aromatic heterocycles. The van der Waals surface area contributed by atoms with Gasteiger partial charge in [0.15, 0.2) is 15.8 Å². The Morgan fingerprint density at radius 1 is 1.50 bits per heavy atom. The molecule has 8 heteroatoms. The van der Waals surface area contributed by atoms with E-state index in [4.69, 9.17) is 11.6 Å². The summed E-state index contributed by atoms with van der Waals surface area (Å²) in [5.41, 5.74) is 1.14. The number of thioether (sulfide) groups is 1. The van der Waals surface area contributed by atoms with Gasteiger partial charge in [0, 0.05) is 22.9 Å². The summed E-state index contributed by atoms with van der Waals surface area (Å²) < 4.78 is 23.2. The van der Waals surface area contributed by atoms with Crippen LogP contribution in [0.15, 0.2) is 29.3 Å². The third kappa shape index (κ3) is 5.86. The summed E-state index contributed by atoms with van der Waals surface area (Å²) in [4.78, 5) is 4.64. The Kier molecular flexibility index (Phi) is 7.25. The van der Waals surface area contributed by atoms with Crippen molar-refractivity contribution in [2.45, 2.75) is 24.6 Å². The fraction of sp³-hybridized carbons (Fsp3) is 0.562. The number of sulfone groups is 1. The van der Waals surface area contributed by atoms with E-state index in [1.165, 1.54) is 0 Å². The number of nitrogens with one attached hydrogen (secondary N) is 2. The van der Waals surface area contributed by atoms with E-state index < -0.39 is 9.84 Å². The third-order valence-corrected chi connectivity index (χ3v) is 6.83. The highest BCUT2D eigenvalue weighted by atomic mass is 35.5. The fourth-order valence-electron chi connectivity index (χ4n) is 2.62. The number of halogens is 1. The molecular formula is C16H24ClN3O2S2. The van der Waals surface area contributed by atoms with Gasteiger partial charge in [-0.1, -0.05) is 23.7 Å². The molecule has 0 bridgehead atoms. The second-order valence-corrected chi connectivity index (χ2v) is 9.45. The quantitative estimate of drug-likeness (QED) is 0.577. The van der Waals surface area contributed by atoms with Crippen LogP contribution in [0.2, 0.25) is 5.02 Å². The lowest BCUT2D eigenvalue weighted by atomic mass is 10.1. The van der Waals surface area contributed by atoms with Gasteiger partial charge < -0.3 is 10.6 Å². The van der Waals surface area contributed by atoms with Crippen molar-refractivity contribution in [1.29, 1.82) is 0 Å². The lowest BCUT2D eigenvalue weighted by Crippen LogP contribution is -2.44. The zero-order valence-corrected chi connectivity index (χ0v) is 16.3. The summed E-state index contributed by atoms with van der Waals surface area (Å²) in [7, 11) is -2.90. The molecule has 2 atom stereocenters. The summed E-state index contributed by atoms with van der Waals surface area (Å²) in [5.74, 6) is 1.10. The van der Waals surface area contributed by atoms with Crippen LogP contribution in [0.1, 0.15) is 24.2 Å². The fourth-order valence-corrected chi connectivity index (χ4v) is 5.13. The summed E-state index contributed by atoms with van der Waals surface area (Å²) in [6.07, 6.45) is 2.68. The maximum atomic E-state index is 11.6. The first kappa shape index (κ1) is 19.4. The Morgan fingerprint density at radius 2 is 2.29 bits per heavy atom. The molecule has 2 rings (SSSR count). The molecule has 0 aliphatic carbocycles. The van der Waals surface area contributed by atoms with Crippen LogP contribution < -0.4 is 10.6 Å². The van der Waals surface area contributed by atoms with Gasteiger partial charge in [-0.15, -0.1) is 0 Å². The monoisotopic (exact) mass is 389 g/mol. The molecule has 0 radical (unpaired) electrons. The van der Waals surface area contributed by atoms with E-state index in [9.17, 15) is 8.42 Å². The van der Waals surface area contributed by atoms with Gasteiger partial charge in [-0.05, 0) is 37.3 Å². The van der Waals surface area contributed by atoms with E-state index in [1.807, 2.05) is 37.4 Å². The number of nitrogens with zero attached hydrogens (tertiary/aromatic N) is 1.